The average molecular weight is 460 g/mol. The highest BCUT2D eigenvalue weighted by atomic mass is 16.6. The van der Waals surface area contributed by atoms with Gasteiger partial charge in [0.25, 0.3) is 5.69 Å². The molecule has 0 saturated heterocycles. The maximum absolute atomic E-state index is 13.2. The Balaban J connectivity index is 2.47. The van der Waals surface area contributed by atoms with Crippen molar-refractivity contribution in [1.82, 2.24) is 5.32 Å². The topological polar surface area (TPSA) is 145 Å². The van der Waals surface area contributed by atoms with Gasteiger partial charge in [0, 0.05) is 23.5 Å². The summed E-state index contributed by atoms with van der Waals surface area (Å²) in [6.45, 7) is 8.34. The first-order valence-corrected chi connectivity index (χ1v) is 10.5. The summed E-state index contributed by atoms with van der Waals surface area (Å²) in [5, 5.41) is 24.0. The van der Waals surface area contributed by atoms with Crippen molar-refractivity contribution in [3.05, 3.63) is 62.5 Å². The molecule has 0 aromatic heterocycles. The zero-order chi connectivity index (χ0) is 24.9. The van der Waals surface area contributed by atoms with Gasteiger partial charge in [0.1, 0.15) is 6.61 Å². The molecular weight excluding hydrogens is 432 g/mol. The van der Waals surface area contributed by atoms with Crippen LogP contribution in [0.25, 0.3) is 0 Å². The molecule has 0 bridgehead atoms. The van der Waals surface area contributed by atoms with Crippen molar-refractivity contribution in [3.8, 4) is 0 Å². The van der Waals surface area contributed by atoms with Gasteiger partial charge < -0.3 is 19.9 Å². The molecule has 1 aromatic rings. The Morgan fingerprint density at radius 2 is 1.79 bits per heavy atom. The summed E-state index contributed by atoms with van der Waals surface area (Å²) in [6, 6.07) is 5.47. The molecule has 10 heteroatoms. The molecule has 0 saturated carbocycles. The fourth-order valence-electron chi connectivity index (χ4n) is 3.72. The fraction of sp³-hybridized carbons (Fsp3) is 0.435. The Morgan fingerprint density at radius 1 is 1.15 bits per heavy atom. The van der Waals surface area contributed by atoms with Crippen molar-refractivity contribution in [3.63, 3.8) is 0 Å². The summed E-state index contributed by atoms with van der Waals surface area (Å²) in [6.07, 6.45) is 0. The lowest BCUT2D eigenvalue weighted by molar-refractivity contribution is -0.384. The first-order valence-electron chi connectivity index (χ1n) is 10.5. The number of benzene rings is 1. The van der Waals surface area contributed by atoms with Crippen molar-refractivity contribution in [2.75, 3.05) is 13.2 Å². The van der Waals surface area contributed by atoms with E-state index in [1.165, 1.54) is 24.3 Å². The molecule has 0 spiro atoms. The van der Waals surface area contributed by atoms with Crippen LogP contribution in [0.4, 0.5) is 5.69 Å². The van der Waals surface area contributed by atoms with Gasteiger partial charge in [0.15, 0.2) is 0 Å². The summed E-state index contributed by atoms with van der Waals surface area (Å²) >= 11 is 0. The summed E-state index contributed by atoms with van der Waals surface area (Å²) in [7, 11) is 0. The van der Waals surface area contributed by atoms with E-state index < -0.39 is 34.7 Å². The Morgan fingerprint density at radius 3 is 2.33 bits per heavy atom. The van der Waals surface area contributed by atoms with E-state index in [1.54, 1.807) is 34.6 Å². The number of nitro benzene ring substituents is 1. The Bertz CT molecular complexity index is 1030. The molecule has 1 heterocycles. The highest BCUT2D eigenvalue weighted by Crippen LogP contribution is 2.39. The predicted octanol–water partition coefficient (Wildman–Crippen LogP) is 3.29. The molecule has 0 amide bonds. The molecule has 10 nitrogen and oxygen atoms in total. The molecule has 2 atom stereocenters. The number of carbonyl (C=O) groups excluding carboxylic acids is 2. The first-order chi connectivity index (χ1) is 15.5. The maximum atomic E-state index is 13.2. The number of nitrogens with one attached hydrogen (secondary N) is 1. The minimum Gasteiger partial charge on any atom is -0.478 e. The molecular formula is C23H28N2O8. The van der Waals surface area contributed by atoms with Gasteiger partial charge in [-0.25, -0.2) is 9.59 Å². The van der Waals surface area contributed by atoms with Crippen LogP contribution >= 0.6 is 0 Å². The maximum Gasteiger partial charge on any atom is 0.336 e. The van der Waals surface area contributed by atoms with Crippen LogP contribution in [-0.4, -0.2) is 41.2 Å². The summed E-state index contributed by atoms with van der Waals surface area (Å²) in [5.74, 6) is -4.56. The van der Waals surface area contributed by atoms with Gasteiger partial charge in [-0.2, -0.15) is 0 Å². The lowest BCUT2D eigenvalue weighted by atomic mass is 9.80. The number of carbonyl (C=O) groups is 3. The lowest BCUT2D eigenvalue weighted by Gasteiger charge is -2.30. The highest BCUT2D eigenvalue weighted by molar-refractivity contribution is 5.99. The summed E-state index contributed by atoms with van der Waals surface area (Å²) in [4.78, 5) is 48.2. The van der Waals surface area contributed by atoms with E-state index in [-0.39, 0.29) is 41.5 Å². The van der Waals surface area contributed by atoms with Gasteiger partial charge >= 0.3 is 17.9 Å². The molecule has 0 fully saturated rings. The van der Waals surface area contributed by atoms with E-state index in [0.717, 1.165) is 0 Å². The largest absolute Gasteiger partial charge is 0.478 e. The number of carboxylic acid groups (broad SMARTS) is 1. The van der Waals surface area contributed by atoms with Crippen LogP contribution in [0.2, 0.25) is 0 Å². The van der Waals surface area contributed by atoms with Crippen LogP contribution in [0, 0.1) is 22.0 Å². The van der Waals surface area contributed by atoms with E-state index in [4.69, 9.17) is 9.47 Å². The number of nitrogens with zero attached hydrogens (tertiary/aromatic N) is 1. The molecule has 0 radical (unpaired) electrons. The number of ether oxygens (including phenoxy) is 2. The lowest BCUT2D eigenvalue weighted by Crippen LogP contribution is -2.34. The van der Waals surface area contributed by atoms with E-state index in [1.807, 2.05) is 0 Å². The number of rotatable bonds is 9. The van der Waals surface area contributed by atoms with Crippen LogP contribution in [-0.2, 0) is 23.9 Å². The second-order valence-corrected chi connectivity index (χ2v) is 7.99. The van der Waals surface area contributed by atoms with E-state index in [0.29, 0.717) is 11.4 Å². The summed E-state index contributed by atoms with van der Waals surface area (Å²) < 4.78 is 10.5. The number of hydrogen-bond donors (Lipinski definition) is 2. The van der Waals surface area contributed by atoms with E-state index in [9.17, 15) is 29.6 Å². The van der Waals surface area contributed by atoms with Crippen LogP contribution in [0.1, 0.15) is 46.1 Å². The van der Waals surface area contributed by atoms with Crippen LogP contribution < -0.4 is 5.32 Å². The molecule has 1 aliphatic heterocycles. The van der Waals surface area contributed by atoms with Crippen molar-refractivity contribution in [2.45, 2.75) is 40.5 Å². The van der Waals surface area contributed by atoms with Crippen molar-refractivity contribution in [2.24, 2.45) is 11.8 Å². The monoisotopic (exact) mass is 460 g/mol. The summed E-state index contributed by atoms with van der Waals surface area (Å²) in [5.41, 5.74) is 0.570. The number of esters is 2. The zero-order valence-corrected chi connectivity index (χ0v) is 19.2. The molecule has 1 aromatic carbocycles. The van der Waals surface area contributed by atoms with Crippen molar-refractivity contribution >= 4 is 23.6 Å². The number of dihydropyridines is 1. The number of nitro groups is 1. The average Bonchev–Trinajstić information content (AvgIpc) is 2.72. The van der Waals surface area contributed by atoms with Crippen LogP contribution in [0.3, 0.4) is 0 Å². The Kier molecular flexibility index (Phi) is 8.33. The molecule has 178 valence electrons. The van der Waals surface area contributed by atoms with Gasteiger partial charge in [0.2, 0.25) is 0 Å². The number of hydrogen-bond acceptors (Lipinski definition) is 8. The Hall–Kier alpha value is -3.69. The number of carboxylic acids is 1. The van der Waals surface area contributed by atoms with Gasteiger partial charge in [0.05, 0.1) is 34.5 Å². The second-order valence-electron chi connectivity index (χ2n) is 7.99. The highest BCUT2D eigenvalue weighted by Gasteiger charge is 2.38. The van der Waals surface area contributed by atoms with E-state index in [2.05, 4.69) is 5.32 Å². The Labute approximate surface area is 191 Å². The molecule has 2 N–H and O–H groups in total. The van der Waals surface area contributed by atoms with Crippen molar-refractivity contribution in [1.29, 1.82) is 0 Å². The number of aliphatic carboxylic acids is 1. The zero-order valence-electron chi connectivity index (χ0n) is 19.2. The van der Waals surface area contributed by atoms with Crippen LogP contribution in [0.5, 0.6) is 0 Å². The normalized spacial score (nSPS) is 16.8. The van der Waals surface area contributed by atoms with E-state index >= 15 is 0 Å². The second kappa shape index (κ2) is 10.8. The van der Waals surface area contributed by atoms with Gasteiger partial charge in [-0.1, -0.05) is 26.0 Å². The third-order valence-corrected chi connectivity index (χ3v) is 5.41. The van der Waals surface area contributed by atoms with Gasteiger partial charge in [-0.3, -0.25) is 14.9 Å². The minimum absolute atomic E-state index is 0.00450. The molecule has 0 aliphatic carbocycles. The third-order valence-electron chi connectivity index (χ3n) is 5.41. The van der Waals surface area contributed by atoms with Gasteiger partial charge in [-0.15, -0.1) is 0 Å². The molecule has 1 aliphatic rings. The van der Waals surface area contributed by atoms with Crippen LogP contribution in [0.15, 0.2) is 46.8 Å². The van der Waals surface area contributed by atoms with Gasteiger partial charge in [-0.05, 0) is 32.3 Å². The molecule has 2 rings (SSSR count). The first kappa shape index (κ1) is 25.6. The number of non-ortho nitro benzene ring substituents is 1. The molecule has 2 unspecified atom stereocenters. The van der Waals surface area contributed by atoms with Crippen molar-refractivity contribution < 1.29 is 33.9 Å². The minimum atomic E-state index is -1.28. The SMILES string of the molecule is CCOC(=O)C(COC(=O)C1=C(C)NC(C)=C(C(=O)O)C1c1cccc([N+](=O)[O-])c1)C(C)C. The predicted molar refractivity (Wildman–Crippen MR) is 118 cm³/mol. The molecule has 33 heavy (non-hydrogen) atoms. The quantitative estimate of drug-likeness (QED) is 0.322. The third kappa shape index (κ3) is 5.76. The standard InChI is InChI=1S/C23H28N2O8/c1-6-32-22(28)17(12(2)3)11-33-23(29)19-14(5)24-13(4)18(21(26)27)20(19)15-8-7-9-16(10-15)25(30)31/h7-10,12,17,20,24H,6,11H2,1-5H3,(H,26,27). The smallest absolute Gasteiger partial charge is 0.336 e. The fourth-order valence-corrected chi connectivity index (χ4v) is 3.72. The number of allylic oxidation sites excluding steroid dienone is 2.